The summed E-state index contributed by atoms with van der Waals surface area (Å²) in [6, 6.07) is 5.58. The highest BCUT2D eigenvalue weighted by Gasteiger charge is 2.60. The lowest BCUT2D eigenvalue weighted by molar-refractivity contribution is -0.187. The van der Waals surface area contributed by atoms with Crippen LogP contribution in [0.25, 0.3) is 0 Å². The molecule has 9 heteroatoms. The van der Waals surface area contributed by atoms with E-state index in [1.54, 1.807) is 11.0 Å². The van der Waals surface area contributed by atoms with Crippen molar-refractivity contribution >= 4 is 17.7 Å². The van der Waals surface area contributed by atoms with Crippen molar-refractivity contribution in [1.82, 2.24) is 4.90 Å². The molecule has 0 aromatic heterocycles. The van der Waals surface area contributed by atoms with E-state index in [4.69, 9.17) is 9.47 Å². The third kappa shape index (κ3) is 5.17. The zero-order valence-corrected chi connectivity index (χ0v) is 20.5. The monoisotopic (exact) mass is 492 g/mol. The summed E-state index contributed by atoms with van der Waals surface area (Å²) in [7, 11) is 0. The van der Waals surface area contributed by atoms with Crippen molar-refractivity contribution in [3.05, 3.63) is 30.1 Å². The lowest BCUT2D eigenvalue weighted by Gasteiger charge is -2.60. The first-order valence-electron chi connectivity index (χ1n) is 12.5. The summed E-state index contributed by atoms with van der Waals surface area (Å²) in [6.45, 7) is 6.02. The van der Waals surface area contributed by atoms with Gasteiger partial charge < -0.3 is 24.6 Å². The van der Waals surface area contributed by atoms with E-state index in [9.17, 15) is 24.2 Å². The minimum Gasteiger partial charge on any atom is -0.445 e. The number of aliphatic hydroxyl groups excluding tert-OH is 2. The molecule has 2 aliphatic carbocycles. The number of ether oxygens (including phenoxy) is 2. The van der Waals surface area contributed by atoms with Crippen LogP contribution in [-0.4, -0.2) is 72.2 Å². The molecule has 4 rings (SSSR count). The number of anilines is 1. The fraction of sp³-hybridized carbons (Fsp3) is 0.692. The van der Waals surface area contributed by atoms with Gasteiger partial charge in [-0.2, -0.15) is 0 Å². The lowest BCUT2D eigenvalue weighted by atomic mass is 9.46. The van der Waals surface area contributed by atoms with Gasteiger partial charge in [-0.1, -0.05) is 19.9 Å². The molecular weight excluding hydrogens is 455 g/mol. The van der Waals surface area contributed by atoms with Gasteiger partial charge >= 0.3 is 6.09 Å². The second-order valence-electron chi connectivity index (χ2n) is 10.7. The molecule has 194 valence electrons. The molecule has 35 heavy (non-hydrogen) atoms. The zero-order chi connectivity index (χ0) is 25.2. The van der Waals surface area contributed by atoms with Gasteiger partial charge in [0.15, 0.2) is 0 Å². The van der Waals surface area contributed by atoms with Crippen molar-refractivity contribution in [2.45, 2.75) is 58.2 Å². The van der Waals surface area contributed by atoms with Crippen molar-refractivity contribution < 1.29 is 33.7 Å². The summed E-state index contributed by atoms with van der Waals surface area (Å²) in [5.74, 6) is -0.733. The van der Waals surface area contributed by atoms with Gasteiger partial charge in [-0.15, -0.1) is 0 Å². The summed E-state index contributed by atoms with van der Waals surface area (Å²) >= 11 is 0. The topological polar surface area (TPSA) is 108 Å². The molecule has 0 bridgehead atoms. The minimum absolute atomic E-state index is 0.0257. The van der Waals surface area contributed by atoms with Crippen LogP contribution in [0, 0.1) is 28.5 Å². The van der Waals surface area contributed by atoms with Gasteiger partial charge in [-0.3, -0.25) is 10.1 Å². The van der Waals surface area contributed by atoms with E-state index in [1.807, 2.05) is 6.92 Å². The molecule has 2 amide bonds. The second kappa shape index (κ2) is 10.4. The van der Waals surface area contributed by atoms with Crippen LogP contribution in [0.2, 0.25) is 0 Å². The van der Waals surface area contributed by atoms with E-state index in [0.717, 1.165) is 0 Å². The number of hydrogen-bond donors (Lipinski definition) is 3. The molecule has 8 nitrogen and oxygen atoms in total. The third-order valence-electron chi connectivity index (χ3n) is 8.75. The van der Waals surface area contributed by atoms with Crippen LogP contribution in [0.3, 0.4) is 0 Å². The molecule has 0 spiro atoms. The largest absolute Gasteiger partial charge is 0.445 e. The Kier molecular flexibility index (Phi) is 7.68. The average Bonchev–Trinajstić information content (AvgIpc) is 2.84. The molecule has 1 aromatic rings. The number of carbonyl (C=O) groups excluding carboxylic acids is 2. The summed E-state index contributed by atoms with van der Waals surface area (Å²) in [6.07, 6.45) is 0.753. The number of rotatable bonds is 5. The van der Waals surface area contributed by atoms with Gasteiger partial charge in [0.1, 0.15) is 11.9 Å². The Morgan fingerprint density at radius 2 is 1.97 bits per heavy atom. The van der Waals surface area contributed by atoms with E-state index >= 15 is 0 Å². The van der Waals surface area contributed by atoms with Gasteiger partial charge in [0.25, 0.3) is 0 Å². The van der Waals surface area contributed by atoms with E-state index in [0.29, 0.717) is 57.7 Å². The first-order valence-corrected chi connectivity index (χ1v) is 12.5. The van der Waals surface area contributed by atoms with Crippen molar-refractivity contribution in [2.24, 2.45) is 22.7 Å². The van der Waals surface area contributed by atoms with Crippen LogP contribution in [-0.2, 0) is 14.3 Å². The first-order chi connectivity index (χ1) is 16.7. The quantitative estimate of drug-likeness (QED) is 0.583. The maximum absolute atomic E-state index is 13.5. The van der Waals surface area contributed by atoms with Crippen LogP contribution >= 0.6 is 0 Å². The Labute approximate surface area is 205 Å². The van der Waals surface area contributed by atoms with Gasteiger partial charge in [0.2, 0.25) is 5.91 Å². The first kappa shape index (κ1) is 25.9. The van der Waals surface area contributed by atoms with Crippen molar-refractivity contribution in [3.8, 4) is 0 Å². The molecule has 1 aliphatic heterocycles. The molecule has 0 radical (unpaired) electrons. The number of carbonyl (C=O) groups is 2. The van der Waals surface area contributed by atoms with E-state index in [-0.39, 0.29) is 30.8 Å². The molecular formula is C26H37FN2O6. The van der Waals surface area contributed by atoms with Crippen LogP contribution in [0.15, 0.2) is 24.3 Å². The Bertz CT molecular complexity index is 925. The zero-order valence-electron chi connectivity index (χ0n) is 20.5. The summed E-state index contributed by atoms with van der Waals surface area (Å²) in [5, 5.41) is 24.1. The molecule has 6 unspecified atom stereocenters. The number of aliphatic hydroxyl groups is 2. The summed E-state index contributed by atoms with van der Waals surface area (Å²) in [4.78, 5) is 27.5. The van der Waals surface area contributed by atoms with Crippen molar-refractivity contribution in [2.75, 3.05) is 38.2 Å². The van der Waals surface area contributed by atoms with E-state index in [1.165, 1.54) is 18.2 Å². The fourth-order valence-corrected chi connectivity index (χ4v) is 6.75. The Balaban J connectivity index is 1.49. The Morgan fingerprint density at radius 3 is 2.66 bits per heavy atom. The number of fused-ring (bicyclic) bond motifs is 1. The summed E-state index contributed by atoms with van der Waals surface area (Å²) < 4.78 is 24.6. The smallest absolute Gasteiger partial charge is 0.411 e. The van der Waals surface area contributed by atoms with Gasteiger partial charge in [0.05, 0.1) is 25.9 Å². The molecule has 6 atom stereocenters. The highest BCUT2D eigenvalue weighted by atomic mass is 19.1. The third-order valence-corrected chi connectivity index (χ3v) is 8.75. The SMILES string of the molecule is CC1(CO)C(OC(=O)Nc2cccc(F)c2)CCC2(C)C(CC(=O)N3CCOCC3)C(O)CCC12. The Morgan fingerprint density at radius 1 is 1.23 bits per heavy atom. The van der Waals surface area contributed by atoms with Crippen LogP contribution in [0.1, 0.15) is 46.0 Å². The number of halogens is 1. The summed E-state index contributed by atoms with van der Waals surface area (Å²) in [5.41, 5.74) is -0.841. The van der Waals surface area contributed by atoms with Gasteiger partial charge in [-0.05, 0) is 61.1 Å². The van der Waals surface area contributed by atoms with Crippen molar-refractivity contribution in [3.63, 3.8) is 0 Å². The molecule has 3 fully saturated rings. The molecule has 3 N–H and O–H groups in total. The van der Waals surface area contributed by atoms with Crippen LogP contribution < -0.4 is 5.32 Å². The second-order valence-corrected chi connectivity index (χ2v) is 10.7. The number of benzene rings is 1. The molecule has 1 heterocycles. The molecule has 2 saturated carbocycles. The molecule has 3 aliphatic rings. The van der Waals surface area contributed by atoms with E-state index in [2.05, 4.69) is 12.2 Å². The maximum atomic E-state index is 13.5. The number of hydrogen-bond acceptors (Lipinski definition) is 6. The lowest BCUT2D eigenvalue weighted by Crippen LogP contribution is -2.61. The fourth-order valence-electron chi connectivity index (χ4n) is 6.75. The maximum Gasteiger partial charge on any atom is 0.411 e. The number of nitrogens with one attached hydrogen (secondary N) is 1. The highest BCUT2D eigenvalue weighted by Crippen LogP contribution is 2.61. The number of nitrogens with zero attached hydrogens (tertiary/aromatic N) is 1. The minimum atomic E-state index is -0.743. The predicted molar refractivity (Wildman–Crippen MR) is 127 cm³/mol. The Hall–Kier alpha value is -2.23. The standard InChI is InChI=1S/C26H37FN2O6/c1-25-9-8-22(35-24(33)28-18-5-3-4-17(27)14-18)26(2,16-30)21(25)7-6-20(31)19(25)15-23(32)29-10-12-34-13-11-29/h3-5,14,19-22,30-31H,6-13,15-16H2,1-2H3,(H,28,33). The highest BCUT2D eigenvalue weighted by molar-refractivity contribution is 5.84. The number of amides is 2. The van der Waals surface area contributed by atoms with Crippen LogP contribution in [0.4, 0.5) is 14.9 Å². The van der Waals surface area contributed by atoms with Crippen LogP contribution in [0.5, 0.6) is 0 Å². The van der Waals surface area contributed by atoms with Crippen molar-refractivity contribution in [1.29, 1.82) is 0 Å². The normalized spacial score (nSPS) is 35.2. The van der Waals surface area contributed by atoms with Gasteiger partial charge in [-0.25, -0.2) is 9.18 Å². The average molecular weight is 493 g/mol. The molecule has 1 saturated heterocycles. The number of morpholine rings is 1. The van der Waals surface area contributed by atoms with Gasteiger partial charge in [0, 0.05) is 30.6 Å². The predicted octanol–water partition coefficient (Wildman–Crippen LogP) is 3.18. The molecule has 1 aromatic carbocycles. The van der Waals surface area contributed by atoms with E-state index < -0.39 is 34.9 Å².